The van der Waals surface area contributed by atoms with Crippen molar-refractivity contribution < 1.29 is 5.11 Å². The zero-order chi connectivity index (χ0) is 8.77. The van der Waals surface area contributed by atoms with Gasteiger partial charge < -0.3 is 5.11 Å². The SMILES string of the molecule is CC1(C)CCc2sc(CO)nc21. The highest BCUT2D eigenvalue weighted by Crippen LogP contribution is 2.40. The number of hydrogen-bond acceptors (Lipinski definition) is 3. The molecule has 2 nitrogen and oxygen atoms in total. The standard InChI is InChI=1S/C9H13NOS/c1-9(2)4-3-6-8(9)10-7(5-11)12-6/h11H,3-5H2,1-2H3. The second kappa shape index (κ2) is 2.54. The van der Waals surface area contributed by atoms with Gasteiger partial charge in [-0.3, -0.25) is 0 Å². The number of aliphatic hydroxyl groups is 1. The molecular formula is C9H13NOS. The summed E-state index contributed by atoms with van der Waals surface area (Å²) in [6, 6.07) is 0. The van der Waals surface area contributed by atoms with Gasteiger partial charge in [-0.1, -0.05) is 13.8 Å². The van der Waals surface area contributed by atoms with Crippen LogP contribution in [0.5, 0.6) is 0 Å². The third-order valence-electron chi connectivity index (χ3n) is 2.50. The van der Waals surface area contributed by atoms with Crippen LogP contribution in [0.2, 0.25) is 0 Å². The molecule has 3 heteroatoms. The number of aryl methyl sites for hydroxylation is 1. The fourth-order valence-corrected chi connectivity index (χ4v) is 2.82. The molecule has 1 aliphatic carbocycles. The fraction of sp³-hybridized carbons (Fsp3) is 0.667. The molecule has 0 saturated heterocycles. The van der Waals surface area contributed by atoms with E-state index in [1.807, 2.05) is 0 Å². The van der Waals surface area contributed by atoms with Crippen molar-refractivity contribution >= 4 is 11.3 Å². The number of nitrogens with zero attached hydrogens (tertiary/aromatic N) is 1. The highest BCUT2D eigenvalue weighted by Gasteiger charge is 2.33. The van der Waals surface area contributed by atoms with Gasteiger partial charge in [0.1, 0.15) is 5.01 Å². The summed E-state index contributed by atoms with van der Waals surface area (Å²) in [5.41, 5.74) is 1.45. The average Bonchev–Trinajstić information content (AvgIpc) is 2.53. The van der Waals surface area contributed by atoms with Crippen LogP contribution in [0.4, 0.5) is 0 Å². The second-order valence-corrected chi connectivity index (χ2v) is 5.09. The second-order valence-electron chi connectivity index (χ2n) is 3.92. The largest absolute Gasteiger partial charge is 0.389 e. The van der Waals surface area contributed by atoms with Crippen LogP contribution in [-0.4, -0.2) is 10.1 Å². The predicted octanol–water partition coefficient (Wildman–Crippen LogP) is 1.86. The number of fused-ring (bicyclic) bond motifs is 1. The summed E-state index contributed by atoms with van der Waals surface area (Å²) in [5, 5.41) is 9.78. The van der Waals surface area contributed by atoms with Crippen molar-refractivity contribution in [2.75, 3.05) is 0 Å². The molecule has 0 spiro atoms. The lowest BCUT2D eigenvalue weighted by Gasteiger charge is -2.15. The molecule has 0 bridgehead atoms. The first-order valence-electron chi connectivity index (χ1n) is 4.23. The van der Waals surface area contributed by atoms with E-state index in [0.29, 0.717) is 0 Å². The van der Waals surface area contributed by atoms with E-state index in [-0.39, 0.29) is 12.0 Å². The third-order valence-corrected chi connectivity index (χ3v) is 3.59. The van der Waals surface area contributed by atoms with E-state index in [1.54, 1.807) is 11.3 Å². The summed E-state index contributed by atoms with van der Waals surface area (Å²) in [7, 11) is 0. The number of aliphatic hydroxyl groups excluding tert-OH is 1. The van der Waals surface area contributed by atoms with E-state index in [2.05, 4.69) is 18.8 Å². The van der Waals surface area contributed by atoms with Gasteiger partial charge in [0.05, 0.1) is 12.3 Å². The van der Waals surface area contributed by atoms with Crippen molar-refractivity contribution in [1.29, 1.82) is 0 Å². The predicted molar refractivity (Wildman–Crippen MR) is 49.4 cm³/mol. The van der Waals surface area contributed by atoms with Crippen molar-refractivity contribution in [3.8, 4) is 0 Å². The van der Waals surface area contributed by atoms with E-state index in [1.165, 1.54) is 17.0 Å². The molecule has 66 valence electrons. The fourth-order valence-electron chi connectivity index (χ4n) is 1.71. The maximum atomic E-state index is 8.91. The quantitative estimate of drug-likeness (QED) is 0.721. The number of thiazole rings is 1. The summed E-state index contributed by atoms with van der Waals surface area (Å²) in [4.78, 5) is 5.81. The smallest absolute Gasteiger partial charge is 0.119 e. The molecule has 0 fully saturated rings. The van der Waals surface area contributed by atoms with Gasteiger partial charge >= 0.3 is 0 Å². The first kappa shape index (κ1) is 8.20. The van der Waals surface area contributed by atoms with Gasteiger partial charge in [-0.15, -0.1) is 11.3 Å². The zero-order valence-corrected chi connectivity index (χ0v) is 8.24. The van der Waals surface area contributed by atoms with Crippen molar-refractivity contribution in [3.05, 3.63) is 15.6 Å². The highest BCUT2D eigenvalue weighted by atomic mass is 32.1. The Labute approximate surface area is 76.3 Å². The molecule has 1 heterocycles. The van der Waals surface area contributed by atoms with Gasteiger partial charge in [0.2, 0.25) is 0 Å². The van der Waals surface area contributed by atoms with Crippen LogP contribution in [0, 0.1) is 0 Å². The van der Waals surface area contributed by atoms with Crippen LogP contribution in [0.15, 0.2) is 0 Å². The van der Waals surface area contributed by atoms with Crippen LogP contribution < -0.4 is 0 Å². The highest BCUT2D eigenvalue weighted by molar-refractivity contribution is 7.11. The Morgan fingerprint density at radius 1 is 1.58 bits per heavy atom. The summed E-state index contributed by atoms with van der Waals surface area (Å²) in [6.07, 6.45) is 2.34. The first-order chi connectivity index (χ1) is 5.63. The van der Waals surface area contributed by atoms with Gasteiger partial charge in [0.15, 0.2) is 0 Å². The Hall–Kier alpha value is -0.410. The molecule has 0 saturated carbocycles. The molecule has 0 radical (unpaired) electrons. The molecule has 0 unspecified atom stereocenters. The molecule has 0 atom stereocenters. The van der Waals surface area contributed by atoms with Crippen molar-refractivity contribution in [2.24, 2.45) is 0 Å². The van der Waals surface area contributed by atoms with Crippen LogP contribution in [-0.2, 0) is 18.4 Å². The molecular weight excluding hydrogens is 170 g/mol. The molecule has 0 aliphatic heterocycles. The Kier molecular flexibility index (Phi) is 1.73. The lowest BCUT2D eigenvalue weighted by molar-refractivity contribution is 0.280. The van der Waals surface area contributed by atoms with E-state index in [9.17, 15) is 0 Å². The Bertz CT molecular complexity index is 303. The summed E-state index contributed by atoms with van der Waals surface area (Å²) >= 11 is 1.66. The minimum atomic E-state index is 0.0910. The molecule has 0 aromatic carbocycles. The van der Waals surface area contributed by atoms with E-state index >= 15 is 0 Å². The lowest BCUT2D eigenvalue weighted by atomic mass is 9.91. The topological polar surface area (TPSA) is 33.1 Å². The van der Waals surface area contributed by atoms with E-state index < -0.39 is 0 Å². The molecule has 1 aliphatic rings. The van der Waals surface area contributed by atoms with Gasteiger partial charge in [0.25, 0.3) is 0 Å². The van der Waals surface area contributed by atoms with Crippen molar-refractivity contribution in [2.45, 2.75) is 38.7 Å². The van der Waals surface area contributed by atoms with Gasteiger partial charge in [-0.2, -0.15) is 0 Å². The first-order valence-corrected chi connectivity index (χ1v) is 5.05. The molecule has 1 aromatic heterocycles. The Morgan fingerprint density at radius 3 is 2.92 bits per heavy atom. The third kappa shape index (κ3) is 1.08. The molecule has 0 amide bonds. The molecule has 1 N–H and O–H groups in total. The maximum absolute atomic E-state index is 8.91. The van der Waals surface area contributed by atoms with E-state index in [0.717, 1.165) is 11.4 Å². The molecule has 2 rings (SSSR count). The van der Waals surface area contributed by atoms with Crippen LogP contribution >= 0.6 is 11.3 Å². The van der Waals surface area contributed by atoms with Gasteiger partial charge in [-0.25, -0.2) is 4.98 Å². The lowest BCUT2D eigenvalue weighted by Crippen LogP contribution is -2.13. The average molecular weight is 183 g/mol. The summed E-state index contributed by atoms with van der Waals surface area (Å²) in [5.74, 6) is 0. The Morgan fingerprint density at radius 2 is 2.33 bits per heavy atom. The summed E-state index contributed by atoms with van der Waals surface area (Å²) < 4.78 is 0. The van der Waals surface area contributed by atoms with Gasteiger partial charge in [-0.05, 0) is 12.8 Å². The minimum Gasteiger partial charge on any atom is -0.389 e. The Balaban J connectivity index is 2.44. The molecule has 12 heavy (non-hydrogen) atoms. The van der Waals surface area contributed by atoms with Crippen LogP contribution in [0.3, 0.4) is 0 Å². The molecule has 1 aromatic rings. The summed E-state index contributed by atoms with van der Waals surface area (Å²) in [6.45, 7) is 4.53. The minimum absolute atomic E-state index is 0.0910. The number of aromatic nitrogens is 1. The van der Waals surface area contributed by atoms with Gasteiger partial charge in [0, 0.05) is 10.3 Å². The number of hydrogen-bond donors (Lipinski definition) is 1. The van der Waals surface area contributed by atoms with E-state index in [4.69, 9.17) is 5.11 Å². The van der Waals surface area contributed by atoms with Crippen molar-refractivity contribution in [3.63, 3.8) is 0 Å². The zero-order valence-electron chi connectivity index (χ0n) is 7.42. The maximum Gasteiger partial charge on any atom is 0.119 e. The van der Waals surface area contributed by atoms with Crippen molar-refractivity contribution in [1.82, 2.24) is 4.98 Å². The normalized spacial score (nSPS) is 19.6. The number of rotatable bonds is 1. The van der Waals surface area contributed by atoms with Crippen LogP contribution in [0.1, 0.15) is 35.8 Å². The van der Waals surface area contributed by atoms with Crippen LogP contribution in [0.25, 0.3) is 0 Å². The monoisotopic (exact) mass is 183 g/mol.